The molecule has 2 aromatic rings. The van der Waals surface area contributed by atoms with Gasteiger partial charge < -0.3 is 10.6 Å². The Balaban J connectivity index is 2.11. The SMILES string of the molecule is CC(NC(=O)/C=C(\NC(C)c1ccccc1)C(F)(F)F)c1ccccc1. The molecule has 2 aromatic carbocycles. The van der Waals surface area contributed by atoms with E-state index in [1.165, 1.54) is 0 Å². The Labute approximate surface area is 150 Å². The average Bonchev–Trinajstić information content (AvgIpc) is 2.61. The molecule has 6 heteroatoms. The van der Waals surface area contributed by atoms with Gasteiger partial charge in [-0.3, -0.25) is 4.79 Å². The fraction of sp³-hybridized carbons (Fsp3) is 0.250. The third kappa shape index (κ3) is 5.65. The van der Waals surface area contributed by atoms with Gasteiger partial charge in [-0.05, 0) is 25.0 Å². The maximum absolute atomic E-state index is 13.3. The van der Waals surface area contributed by atoms with Gasteiger partial charge in [-0.25, -0.2) is 0 Å². The van der Waals surface area contributed by atoms with Crippen LogP contribution in [-0.2, 0) is 4.79 Å². The molecule has 0 heterocycles. The molecule has 1 amide bonds. The molecule has 2 unspecified atom stereocenters. The summed E-state index contributed by atoms with van der Waals surface area (Å²) in [5.74, 6) is -0.804. The first-order valence-corrected chi connectivity index (χ1v) is 8.23. The molecule has 0 aliphatic heterocycles. The van der Waals surface area contributed by atoms with Gasteiger partial charge in [0.1, 0.15) is 5.70 Å². The van der Waals surface area contributed by atoms with Crippen LogP contribution in [0.15, 0.2) is 72.4 Å². The fourth-order valence-electron chi connectivity index (χ4n) is 2.47. The summed E-state index contributed by atoms with van der Waals surface area (Å²) in [7, 11) is 0. The molecule has 2 N–H and O–H groups in total. The minimum absolute atomic E-state index is 0.402. The van der Waals surface area contributed by atoms with Crippen molar-refractivity contribution in [1.82, 2.24) is 10.6 Å². The van der Waals surface area contributed by atoms with Crippen molar-refractivity contribution >= 4 is 5.91 Å². The van der Waals surface area contributed by atoms with E-state index in [0.717, 1.165) is 5.56 Å². The van der Waals surface area contributed by atoms with Gasteiger partial charge >= 0.3 is 6.18 Å². The van der Waals surface area contributed by atoms with E-state index in [1.807, 2.05) is 6.07 Å². The minimum Gasteiger partial charge on any atom is -0.374 e. The van der Waals surface area contributed by atoms with Crippen molar-refractivity contribution in [3.63, 3.8) is 0 Å². The number of allylic oxidation sites excluding steroid dienone is 1. The fourth-order valence-corrected chi connectivity index (χ4v) is 2.47. The van der Waals surface area contributed by atoms with Crippen LogP contribution in [0.4, 0.5) is 13.2 Å². The quantitative estimate of drug-likeness (QED) is 0.734. The number of carbonyl (C=O) groups excluding carboxylic acids is 1. The highest BCUT2D eigenvalue weighted by molar-refractivity contribution is 5.88. The number of benzene rings is 2. The second-order valence-electron chi connectivity index (χ2n) is 5.97. The lowest BCUT2D eigenvalue weighted by atomic mass is 10.1. The molecule has 3 nitrogen and oxygen atoms in total. The average molecular weight is 362 g/mol. The Morgan fingerprint density at radius 2 is 1.27 bits per heavy atom. The molecule has 0 bridgehead atoms. The molecule has 0 radical (unpaired) electrons. The maximum atomic E-state index is 13.3. The van der Waals surface area contributed by atoms with Gasteiger partial charge in [-0.1, -0.05) is 60.7 Å². The molecule has 0 saturated heterocycles. The molecule has 2 atom stereocenters. The maximum Gasteiger partial charge on any atom is 0.431 e. The van der Waals surface area contributed by atoms with Gasteiger partial charge in [-0.2, -0.15) is 13.2 Å². The molecule has 0 fully saturated rings. The van der Waals surface area contributed by atoms with Crippen molar-refractivity contribution < 1.29 is 18.0 Å². The zero-order valence-electron chi connectivity index (χ0n) is 14.5. The van der Waals surface area contributed by atoms with Crippen molar-refractivity contribution in [3.05, 3.63) is 83.6 Å². The Hall–Kier alpha value is -2.76. The Kier molecular flexibility index (Phi) is 6.44. The summed E-state index contributed by atoms with van der Waals surface area (Å²) in [5, 5.41) is 4.95. The molecular weight excluding hydrogens is 341 g/mol. The van der Waals surface area contributed by atoms with Crippen molar-refractivity contribution in [2.45, 2.75) is 32.1 Å². The molecule has 0 aliphatic carbocycles. The van der Waals surface area contributed by atoms with E-state index in [2.05, 4.69) is 10.6 Å². The number of nitrogens with one attached hydrogen (secondary N) is 2. The monoisotopic (exact) mass is 362 g/mol. The summed E-state index contributed by atoms with van der Waals surface area (Å²) < 4.78 is 39.9. The topological polar surface area (TPSA) is 41.1 Å². The van der Waals surface area contributed by atoms with E-state index < -0.39 is 29.9 Å². The second-order valence-corrected chi connectivity index (χ2v) is 5.97. The highest BCUT2D eigenvalue weighted by Crippen LogP contribution is 2.26. The zero-order chi connectivity index (χ0) is 19.2. The predicted molar refractivity (Wildman–Crippen MR) is 95.1 cm³/mol. The first-order chi connectivity index (χ1) is 12.3. The third-order valence-electron chi connectivity index (χ3n) is 3.91. The highest BCUT2D eigenvalue weighted by atomic mass is 19.4. The van der Waals surface area contributed by atoms with Crippen LogP contribution in [0.3, 0.4) is 0 Å². The lowest BCUT2D eigenvalue weighted by Crippen LogP contribution is -2.32. The van der Waals surface area contributed by atoms with Crippen molar-refractivity contribution in [3.8, 4) is 0 Å². The van der Waals surface area contributed by atoms with Crippen LogP contribution < -0.4 is 10.6 Å². The van der Waals surface area contributed by atoms with Crippen LogP contribution in [0, 0.1) is 0 Å². The van der Waals surface area contributed by atoms with E-state index in [0.29, 0.717) is 11.6 Å². The number of amides is 1. The minimum atomic E-state index is -4.66. The summed E-state index contributed by atoms with van der Waals surface area (Å²) in [6, 6.07) is 16.8. The summed E-state index contributed by atoms with van der Waals surface area (Å²) >= 11 is 0. The van der Waals surface area contributed by atoms with Crippen molar-refractivity contribution in [2.24, 2.45) is 0 Å². The van der Waals surface area contributed by atoms with E-state index in [-0.39, 0.29) is 0 Å². The third-order valence-corrected chi connectivity index (χ3v) is 3.91. The molecule has 26 heavy (non-hydrogen) atoms. The standard InChI is InChI=1S/C20H21F3N2O/c1-14(16-9-5-3-6-10-16)24-18(20(21,22)23)13-19(26)25-15(2)17-11-7-4-8-12-17/h3-15,24H,1-2H3,(H,25,26)/b18-13-. The van der Waals surface area contributed by atoms with Gasteiger partial charge in [0.15, 0.2) is 0 Å². The van der Waals surface area contributed by atoms with Gasteiger partial charge in [0, 0.05) is 12.1 Å². The van der Waals surface area contributed by atoms with Crippen LogP contribution >= 0.6 is 0 Å². The number of rotatable bonds is 6. The van der Waals surface area contributed by atoms with Gasteiger partial charge in [0.2, 0.25) is 5.91 Å². The lowest BCUT2D eigenvalue weighted by Gasteiger charge is -2.21. The number of carbonyl (C=O) groups is 1. The van der Waals surface area contributed by atoms with Crippen LogP contribution in [-0.4, -0.2) is 12.1 Å². The van der Waals surface area contributed by atoms with Gasteiger partial charge in [0.25, 0.3) is 0 Å². The Morgan fingerprint density at radius 1 is 0.846 bits per heavy atom. The second kappa shape index (κ2) is 8.56. The zero-order valence-corrected chi connectivity index (χ0v) is 14.5. The predicted octanol–water partition coefficient (Wildman–Crippen LogP) is 4.66. The van der Waals surface area contributed by atoms with Crippen LogP contribution in [0.25, 0.3) is 0 Å². The van der Waals surface area contributed by atoms with Gasteiger partial charge in [0.05, 0.1) is 6.04 Å². The first kappa shape index (κ1) is 19.6. The molecule has 0 saturated carbocycles. The van der Waals surface area contributed by atoms with Gasteiger partial charge in [-0.15, -0.1) is 0 Å². The summed E-state index contributed by atoms with van der Waals surface area (Å²) in [6.45, 7) is 3.33. The van der Waals surface area contributed by atoms with Crippen LogP contribution in [0.5, 0.6) is 0 Å². The first-order valence-electron chi connectivity index (χ1n) is 8.23. The summed E-state index contributed by atoms with van der Waals surface area (Å²) in [4.78, 5) is 12.1. The number of hydrogen-bond acceptors (Lipinski definition) is 2. The Morgan fingerprint density at radius 3 is 1.69 bits per heavy atom. The van der Waals surface area contributed by atoms with E-state index in [9.17, 15) is 18.0 Å². The molecule has 0 aromatic heterocycles. The van der Waals surface area contributed by atoms with Crippen molar-refractivity contribution in [2.75, 3.05) is 0 Å². The molecular formula is C20H21F3N2O. The van der Waals surface area contributed by atoms with Crippen molar-refractivity contribution in [1.29, 1.82) is 0 Å². The molecule has 2 rings (SSSR count). The highest BCUT2D eigenvalue weighted by Gasteiger charge is 2.35. The largest absolute Gasteiger partial charge is 0.431 e. The van der Waals surface area contributed by atoms with E-state index in [1.54, 1.807) is 68.4 Å². The van der Waals surface area contributed by atoms with Crippen LogP contribution in [0.1, 0.15) is 37.1 Å². The smallest absolute Gasteiger partial charge is 0.374 e. The molecule has 0 aliphatic rings. The lowest BCUT2D eigenvalue weighted by molar-refractivity contribution is -0.119. The molecule has 0 spiro atoms. The van der Waals surface area contributed by atoms with E-state index in [4.69, 9.17) is 0 Å². The number of alkyl halides is 3. The Bertz CT molecular complexity index is 743. The molecule has 138 valence electrons. The summed E-state index contributed by atoms with van der Waals surface area (Å²) in [6.07, 6.45) is -4.09. The number of hydrogen-bond donors (Lipinski definition) is 2. The van der Waals surface area contributed by atoms with E-state index >= 15 is 0 Å². The number of halogens is 3. The summed E-state index contributed by atoms with van der Waals surface area (Å²) in [5.41, 5.74) is 0.431. The van der Waals surface area contributed by atoms with Crippen LogP contribution in [0.2, 0.25) is 0 Å². The normalized spacial score (nSPS) is 14.4.